The van der Waals surface area contributed by atoms with Crippen molar-refractivity contribution in [1.29, 1.82) is 0 Å². The molecule has 1 N–H and O–H groups in total. The Morgan fingerprint density at radius 1 is 1.29 bits per heavy atom. The number of benzene rings is 1. The number of fused-ring (bicyclic) bond motifs is 1. The highest BCUT2D eigenvalue weighted by atomic mass is 79.9. The highest BCUT2D eigenvalue weighted by Gasteiger charge is 2.10. The molecular formula is C12H12Br2N2O. The van der Waals surface area contributed by atoms with Crippen molar-refractivity contribution in [2.45, 2.75) is 6.61 Å². The van der Waals surface area contributed by atoms with Gasteiger partial charge in [-0.2, -0.15) is 0 Å². The molecule has 0 radical (unpaired) electrons. The lowest BCUT2D eigenvalue weighted by atomic mass is 10.1. The molecule has 17 heavy (non-hydrogen) atoms. The summed E-state index contributed by atoms with van der Waals surface area (Å²) >= 11 is 7.08. The van der Waals surface area contributed by atoms with Crippen LogP contribution in [0.1, 0.15) is 5.69 Å². The number of nitrogens with one attached hydrogen (secondary N) is 1. The monoisotopic (exact) mass is 358 g/mol. The minimum atomic E-state index is 0.504. The third kappa shape index (κ3) is 2.46. The maximum atomic E-state index is 5.13. The van der Waals surface area contributed by atoms with Crippen LogP contribution in [0.4, 0.5) is 5.69 Å². The Morgan fingerprint density at radius 2 is 2.00 bits per heavy atom. The normalized spacial score (nSPS) is 10.8. The molecule has 0 amide bonds. The molecule has 0 saturated carbocycles. The fourth-order valence-corrected chi connectivity index (χ4v) is 2.69. The summed E-state index contributed by atoms with van der Waals surface area (Å²) in [6.45, 7) is 0.504. The summed E-state index contributed by atoms with van der Waals surface area (Å²) in [4.78, 5) is 4.59. The van der Waals surface area contributed by atoms with Crippen LogP contribution in [0.5, 0.6) is 0 Å². The standard InChI is InChI=1S/C12H12Br2N2O/c1-15-10-5-7(6-17-2)16-12-9(14)4-3-8(13)11(10)12/h3-5H,6H2,1-2H3,(H,15,16). The van der Waals surface area contributed by atoms with E-state index in [0.717, 1.165) is 31.2 Å². The molecule has 0 aliphatic rings. The van der Waals surface area contributed by atoms with Gasteiger partial charge in [0.25, 0.3) is 0 Å². The van der Waals surface area contributed by atoms with Gasteiger partial charge in [-0.15, -0.1) is 0 Å². The molecule has 0 bridgehead atoms. The second-order valence-corrected chi connectivity index (χ2v) is 5.31. The van der Waals surface area contributed by atoms with E-state index in [9.17, 15) is 0 Å². The molecule has 0 atom stereocenters. The van der Waals surface area contributed by atoms with Crippen LogP contribution in [-0.4, -0.2) is 19.1 Å². The molecule has 90 valence electrons. The quantitative estimate of drug-likeness (QED) is 0.900. The van der Waals surface area contributed by atoms with Crippen molar-refractivity contribution in [2.75, 3.05) is 19.5 Å². The zero-order valence-electron chi connectivity index (χ0n) is 9.55. The fraction of sp³-hybridized carbons (Fsp3) is 0.250. The predicted molar refractivity (Wildman–Crippen MR) is 77.4 cm³/mol. The van der Waals surface area contributed by atoms with Crippen molar-refractivity contribution in [3.8, 4) is 0 Å². The number of pyridine rings is 1. The topological polar surface area (TPSA) is 34.1 Å². The zero-order valence-corrected chi connectivity index (χ0v) is 12.7. The van der Waals surface area contributed by atoms with Crippen LogP contribution in [0.25, 0.3) is 10.9 Å². The summed E-state index contributed by atoms with van der Waals surface area (Å²) in [5.74, 6) is 0. The highest BCUT2D eigenvalue weighted by Crippen LogP contribution is 2.34. The van der Waals surface area contributed by atoms with Gasteiger partial charge in [0.1, 0.15) is 0 Å². The summed E-state index contributed by atoms with van der Waals surface area (Å²) in [6, 6.07) is 5.99. The number of ether oxygens (including phenoxy) is 1. The van der Waals surface area contributed by atoms with E-state index in [1.807, 2.05) is 25.2 Å². The Labute approximate surface area is 117 Å². The summed E-state index contributed by atoms with van der Waals surface area (Å²) in [6.07, 6.45) is 0. The van der Waals surface area contributed by atoms with E-state index in [1.54, 1.807) is 7.11 Å². The van der Waals surface area contributed by atoms with Gasteiger partial charge >= 0.3 is 0 Å². The first-order valence-electron chi connectivity index (χ1n) is 5.11. The number of rotatable bonds is 3. The Bertz CT molecular complexity index is 558. The summed E-state index contributed by atoms with van der Waals surface area (Å²) in [7, 11) is 3.57. The first-order chi connectivity index (χ1) is 8.17. The highest BCUT2D eigenvalue weighted by molar-refractivity contribution is 9.11. The van der Waals surface area contributed by atoms with Gasteiger partial charge in [-0.05, 0) is 34.1 Å². The van der Waals surface area contributed by atoms with E-state index in [1.165, 1.54) is 0 Å². The molecule has 0 unspecified atom stereocenters. The van der Waals surface area contributed by atoms with Gasteiger partial charge in [0.05, 0.1) is 17.8 Å². The van der Waals surface area contributed by atoms with Crippen molar-refractivity contribution < 1.29 is 4.74 Å². The largest absolute Gasteiger partial charge is 0.387 e. The number of anilines is 1. The molecule has 2 aromatic rings. The van der Waals surface area contributed by atoms with Crippen molar-refractivity contribution in [3.63, 3.8) is 0 Å². The third-order valence-electron chi connectivity index (χ3n) is 2.48. The Balaban J connectivity index is 2.77. The molecular weight excluding hydrogens is 348 g/mol. The van der Waals surface area contributed by atoms with Crippen LogP contribution >= 0.6 is 31.9 Å². The molecule has 0 aliphatic heterocycles. The molecule has 2 rings (SSSR count). The molecule has 3 nitrogen and oxygen atoms in total. The molecule has 1 aromatic carbocycles. The summed E-state index contributed by atoms with van der Waals surface area (Å²) < 4.78 is 7.13. The van der Waals surface area contributed by atoms with Crippen molar-refractivity contribution >= 4 is 48.5 Å². The maximum Gasteiger partial charge on any atom is 0.0885 e. The number of aromatic nitrogens is 1. The van der Waals surface area contributed by atoms with Gasteiger partial charge in [-0.3, -0.25) is 0 Å². The summed E-state index contributed by atoms with van der Waals surface area (Å²) in [5.41, 5.74) is 2.87. The van der Waals surface area contributed by atoms with Gasteiger partial charge in [-0.1, -0.05) is 15.9 Å². The number of halogens is 2. The molecule has 0 aliphatic carbocycles. The Morgan fingerprint density at radius 3 is 2.65 bits per heavy atom. The van der Waals surface area contributed by atoms with Crippen molar-refractivity contribution in [2.24, 2.45) is 0 Å². The first kappa shape index (κ1) is 12.8. The number of nitrogens with zero attached hydrogens (tertiary/aromatic N) is 1. The van der Waals surface area contributed by atoms with Crippen LogP contribution in [-0.2, 0) is 11.3 Å². The van der Waals surface area contributed by atoms with E-state index in [-0.39, 0.29) is 0 Å². The lowest BCUT2D eigenvalue weighted by molar-refractivity contribution is 0.182. The van der Waals surface area contributed by atoms with E-state index < -0.39 is 0 Å². The Kier molecular flexibility index (Phi) is 4.01. The fourth-order valence-electron chi connectivity index (χ4n) is 1.74. The zero-order chi connectivity index (χ0) is 12.4. The smallest absolute Gasteiger partial charge is 0.0885 e. The van der Waals surface area contributed by atoms with E-state index in [0.29, 0.717) is 6.61 Å². The predicted octanol–water partition coefficient (Wildman–Crippen LogP) is 3.95. The molecule has 5 heteroatoms. The second kappa shape index (κ2) is 5.33. The van der Waals surface area contributed by atoms with Crippen LogP contribution in [0.3, 0.4) is 0 Å². The minimum absolute atomic E-state index is 0.504. The SMILES string of the molecule is CNc1cc(COC)nc2c(Br)ccc(Br)c12. The number of hydrogen-bond acceptors (Lipinski definition) is 3. The van der Waals surface area contributed by atoms with E-state index >= 15 is 0 Å². The van der Waals surface area contributed by atoms with Crippen molar-refractivity contribution in [3.05, 3.63) is 32.8 Å². The van der Waals surface area contributed by atoms with Crippen LogP contribution < -0.4 is 5.32 Å². The molecule has 0 spiro atoms. The van der Waals surface area contributed by atoms with Crippen LogP contribution in [0.15, 0.2) is 27.1 Å². The van der Waals surface area contributed by atoms with Crippen LogP contribution in [0.2, 0.25) is 0 Å². The van der Waals surface area contributed by atoms with Crippen LogP contribution in [0, 0.1) is 0 Å². The summed E-state index contributed by atoms with van der Waals surface area (Å²) in [5, 5.41) is 4.26. The Hall–Kier alpha value is -0.650. The lowest BCUT2D eigenvalue weighted by Gasteiger charge is -2.11. The molecule has 0 fully saturated rings. The van der Waals surface area contributed by atoms with Gasteiger partial charge < -0.3 is 10.1 Å². The second-order valence-electron chi connectivity index (χ2n) is 3.60. The average molecular weight is 360 g/mol. The van der Waals surface area contributed by atoms with Crippen molar-refractivity contribution in [1.82, 2.24) is 4.98 Å². The maximum absolute atomic E-state index is 5.13. The molecule has 1 heterocycles. The van der Waals surface area contributed by atoms with E-state index in [4.69, 9.17) is 4.74 Å². The molecule has 1 aromatic heterocycles. The van der Waals surface area contributed by atoms with Gasteiger partial charge in [0.2, 0.25) is 0 Å². The number of methoxy groups -OCH3 is 1. The van der Waals surface area contributed by atoms with E-state index in [2.05, 4.69) is 42.2 Å². The molecule has 0 saturated heterocycles. The minimum Gasteiger partial charge on any atom is -0.387 e. The number of hydrogen-bond donors (Lipinski definition) is 1. The van der Waals surface area contributed by atoms with Gasteiger partial charge in [0, 0.05) is 34.2 Å². The third-order valence-corrected chi connectivity index (χ3v) is 3.78. The van der Waals surface area contributed by atoms with Gasteiger partial charge in [0.15, 0.2) is 0 Å². The average Bonchev–Trinajstić information content (AvgIpc) is 2.33. The van der Waals surface area contributed by atoms with Gasteiger partial charge in [-0.25, -0.2) is 4.98 Å². The first-order valence-corrected chi connectivity index (χ1v) is 6.70. The lowest BCUT2D eigenvalue weighted by Crippen LogP contribution is -1.98.